The summed E-state index contributed by atoms with van der Waals surface area (Å²) in [6.07, 6.45) is 10.6. The van der Waals surface area contributed by atoms with E-state index in [-0.39, 0.29) is 18.0 Å². The van der Waals surface area contributed by atoms with Crippen molar-refractivity contribution in [1.82, 2.24) is 5.32 Å². The summed E-state index contributed by atoms with van der Waals surface area (Å²) < 4.78 is 19.3. The molecule has 6 rings (SSSR count). The number of hydrogen-bond donors (Lipinski definition) is 1. The van der Waals surface area contributed by atoms with Crippen LogP contribution < -0.4 is 10.1 Å². The molecule has 2 aliphatic carbocycles. The topological polar surface area (TPSA) is 21.3 Å². The predicted molar refractivity (Wildman–Crippen MR) is 176 cm³/mol. The average molecular weight is 619 g/mol. The third-order valence-electron chi connectivity index (χ3n) is 8.09. The molecule has 41 heavy (non-hydrogen) atoms. The SMILES string of the molecule is C.CC.CC1CCCCC1.Fc1ccc(SC23CCNC2CCc2cc(COc4c(Cl)cccc4Cl)ccc23)cc1. The summed E-state index contributed by atoms with van der Waals surface area (Å²) in [4.78, 5) is 1.10. The molecule has 2 fully saturated rings. The zero-order valence-electron chi connectivity index (χ0n) is 23.9. The van der Waals surface area contributed by atoms with Crippen LogP contribution >= 0.6 is 35.0 Å². The maximum Gasteiger partial charge on any atom is 0.156 e. The second-order valence-electron chi connectivity index (χ2n) is 10.8. The van der Waals surface area contributed by atoms with Crippen LogP contribution in [0, 0.1) is 11.7 Å². The van der Waals surface area contributed by atoms with Gasteiger partial charge >= 0.3 is 0 Å². The number of para-hydroxylation sites is 1. The van der Waals surface area contributed by atoms with Crippen LogP contribution in [0.5, 0.6) is 5.75 Å². The molecule has 2 unspecified atom stereocenters. The second kappa shape index (κ2) is 16.2. The summed E-state index contributed by atoms with van der Waals surface area (Å²) in [7, 11) is 0. The van der Waals surface area contributed by atoms with E-state index in [1.54, 1.807) is 30.3 Å². The van der Waals surface area contributed by atoms with Gasteiger partial charge < -0.3 is 10.1 Å². The predicted octanol–water partition coefficient (Wildman–Crippen LogP) is 11.3. The highest BCUT2D eigenvalue weighted by Crippen LogP contribution is 2.53. The van der Waals surface area contributed by atoms with Gasteiger partial charge in [-0.25, -0.2) is 4.39 Å². The first kappa shape index (κ1) is 33.8. The Morgan fingerprint density at radius 3 is 2.27 bits per heavy atom. The van der Waals surface area contributed by atoms with E-state index in [0.29, 0.717) is 28.4 Å². The highest BCUT2D eigenvalue weighted by Gasteiger charge is 2.48. The molecule has 3 aromatic carbocycles. The largest absolute Gasteiger partial charge is 0.486 e. The van der Waals surface area contributed by atoms with Gasteiger partial charge in [0.15, 0.2) is 5.75 Å². The first-order valence-corrected chi connectivity index (χ1v) is 16.4. The summed E-state index contributed by atoms with van der Waals surface area (Å²) in [6, 6.07) is 19.3. The molecule has 0 spiro atoms. The van der Waals surface area contributed by atoms with Gasteiger partial charge in [-0.15, -0.1) is 11.8 Å². The lowest BCUT2D eigenvalue weighted by molar-refractivity contribution is 0.306. The summed E-state index contributed by atoms with van der Waals surface area (Å²) in [5.41, 5.74) is 3.84. The van der Waals surface area contributed by atoms with Crippen molar-refractivity contribution >= 4 is 35.0 Å². The van der Waals surface area contributed by atoms with E-state index in [2.05, 4.69) is 30.4 Å². The van der Waals surface area contributed by atoms with Crippen LogP contribution in [0.15, 0.2) is 65.6 Å². The van der Waals surface area contributed by atoms with Gasteiger partial charge in [-0.3, -0.25) is 0 Å². The van der Waals surface area contributed by atoms with Gasteiger partial charge in [-0.2, -0.15) is 0 Å². The van der Waals surface area contributed by atoms with E-state index in [0.717, 1.165) is 42.2 Å². The summed E-state index contributed by atoms with van der Waals surface area (Å²) in [5, 5.41) is 4.72. The number of benzene rings is 3. The van der Waals surface area contributed by atoms with Gasteiger partial charge in [0, 0.05) is 10.9 Å². The molecule has 1 saturated heterocycles. The lowest BCUT2D eigenvalue weighted by Crippen LogP contribution is -2.42. The minimum Gasteiger partial charge on any atom is -0.486 e. The zero-order valence-corrected chi connectivity index (χ0v) is 26.3. The summed E-state index contributed by atoms with van der Waals surface area (Å²) >= 11 is 14.3. The Hall–Kier alpha value is -1.72. The second-order valence-corrected chi connectivity index (χ2v) is 13.0. The molecule has 224 valence electrons. The van der Waals surface area contributed by atoms with E-state index in [4.69, 9.17) is 27.9 Å². The molecule has 3 aliphatic rings. The number of hydrogen-bond acceptors (Lipinski definition) is 3. The average Bonchev–Trinajstić information content (AvgIpc) is 3.39. The maximum atomic E-state index is 13.4. The molecule has 0 aromatic heterocycles. The molecule has 2 nitrogen and oxygen atoms in total. The van der Waals surface area contributed by atoms with Gasteiger partial charge in [0.25, 0.3) is 0 Å². The van der Waals surface area contributed by atoms with Crippen LogP contribution in [0.1, 0.15) is 89.8 Å². The van der Waals surface area contributed by atoms with Crippen LogP contribution in [0.25, 0.3) is 0 Å². The van der Waals surface area contributed by atoms with E-state index in [9.17, 15) is 4.39 Å². The van der Waals surface area contributed by atoms with Crippen molar-refractivity contribution in [2.45, 2.75) is 102 Å². The summed E-state index contributed by atoms with van der Waals surface area (Å²) in [5.74, 6) is 1.36. The lowest BCUT2D eigenvalue weighted by Gasteiger charge is -2.40. The number of ether oxygens (including phenoxy) is 1. The van der Waals surface area contributed by atoms with Crippen molar-refractivity contribution in [3.63, 3.8) is 0 Å². The maximum absolute atomic E-state index is 13.4. The van der Waals surface area contributed by atoms with Crippen molar-refractivity contribution in [3.8, 4) is 5.75 Å². The Kier molecular flexibility index (Phi) is 13.4. The smallest absolute Gasteiger partial charge is 0.156 e. The van der Waals surface area contributed by atoms with Crippen LogP contribution in [0.2, 0.25) is 10.0 Å². The highest BCUT2D eigenvalue weighted by atomic mass is 35.5. The number of fused-ring (bicyclic) bond motifs is 3. The zero-order chi connectivity index (χ0) is 28.5. The Labute approximate surface area is 261 Å². The third kappa shape index (κ3) is 8.44. The molecular weight excluding hydrogens is 572 g/mol. The van der Waals surface area contributed by atoms with Crippen molar-refractivity contribution in [2.24, 2.45) is 5.92 Å². The fourth-order valence-corrected chi connectivity index (χ4v) is 8.11. The number of rotatable bonds is 5. The first-order valence-electron chi connectivity index (χ1n) is 14.8. The molecule has 1 heterocycles. The van der Waals surface area contributed by atoms with E-state index in [1.807, 2.05) is 37.7 Å². The molecule has 6 heteroatoms. The molecule has 1 aliphatic heterocycles. The summed E-state index contributed by atoms with van der Waals surface area (Å²) in [6.45, 7) is 7.77. The van der Waals surface area contributed by atoms with Crippen molar-refractivity contribution < 1.29 is 9.13 Å². The van der Waals surface area contributed by atoms with Crippen molar-refractivity contribution in [1.29, 1.82) is 0 Å². The molecule has 0 amide bonds. The fraction of sp³-hybridized carbons (Fsp3) is 0.486. The monoisotopic (exact) mass is 617 g/mol. The molecule has 0 bridgehead atoms. The molecular formula is C35H46Cl2FNOS. The molecule has 0 radical (unpaired) electrons. The van der Waals surface area contributed by atoms with Crippen molar-refractivity contribution in [3.05, 3.63) is 93.2 Å². The Morgan fingerprint density at radius 2 is 1.63 bits per heavy atom. The Bertz CT molecular complexity index is 1210. The number of thioether (sulfide) groups is 1. The lowest BCUT2D eigenvalue weighted by atomic mass is 9.78. The Balaban J connectivity index is 0.000000401. The van der Waals surface area contributed by atoms with Gasteiger partial charge in [-0.05, 0) is 84.8 Å². The molecule has 2 atom stereocenters. The minimum absolute atomic E-state index is 0. The van der Waals surface area contributed by atoms with E-state index < -0.39 is 0 Å². The number of nitrogens with one attached hydrogen (secondary N) is 1. The molecule has 1 N–H and O–H groups in total. The minimum atomic E-state index is -0.199. The normalized spacial score (nSPS) is 21.2. The molecule has 3 aromatic rings. The standard InChI is InChI=1S/C25H22Cl2FNOS.C7H14.C2H6.CH4/c26-21-2-1-3-22(27)24(21)30-15-16-4-10-20-17(14-16)5-11-23-25(20,12-13-29-23)31-19-8-6-18(28)7-9-19;1-7-5-3-2-4-6-7;1-2;/h1-4,6-10,14,23,29H,5,11-13,15H2;7H,2-6H2,1H3;1-2H3;1H4. The van der Waals surface area contributed by atoms with Gasteiger partial charge in [0.05, 0.1) is 14.8 Å². The van der Waals surface area contributed by atoms with Crippen LogP contribution in [0.3, 0.4) is 0 Å². The van der Waals surface area contributed by atoms with Crippen LogP contribution in [-0.2, 0) is 17.8 Å². The van der Waals surface area contributed by atoms with Gasteiger partial charge in [0.2, 0.25) is 0 Å². The Morgan fingerprint density at radius 1 is 0.951 bits per heavy atom. The number of halogens is 3. The number of aryl methyl sites for hydroxylation is 1. The van der Waals surface area contributed by atoms with Crippen LogP contribution in [-0.4, -0.2) is 12.6 Å². The van der Waals surface area contributed by atoms with Crippen molar-refractivity contribution in [2.75, 3.05) is 6.54 Å². The third-order valence-corrected chi connectivity index (χ3v) is 10.3. The van der Waals surface area contributed by atoms with Crippen LogP contribution in [0.4, 0.5) is 4.39 Å². The molecule has 1 saturated carbocycles. The quantitative estimate of drug-likeness (QED) is 0.307. The van der Waals surface area contributed by atoms with E-state index in [1.165, 1.54) is 43.2 Å². The first-order chi connectivity index (χ1) is 19.4. The highest BCUT2D eigenvalue weighted by molar-refractivity contribution is 8.00. The van der Waals surface area contributed by atoms with E-state index >= 15 is 0 Å². The van der Waals surface area contributed by atoms with Gasteiger partial charge in [-0.1, -0.05) is 108 Å². The fourth-order valence-electron chi connectivity index (χ4n) is 6.06. The van der Waals surface area contributed by atoms with Gasteiger partial charge in [0.1, 0.15) is 12.4 Å².